The molecule has 0 spiro atoms. The minimum atomic E-state index is -5.24. The molecular weight excluding hydrogens is 306 g/mol. The van der Waals surface area contributed by atoms with Crippen molar-refractivity contribution in [2.45, 2.75) is 26.2 Å². The van der Waals surface area contributed by atoms with Crippen molar-refractivity contribution in [3.05, 3.63) is 28.8 Å². The lowest BCUT2D eigenvalue weighted by Gasteiger charge is -2.15. The van der Waals surface area contributed by atoms with Gasteiger partial charge >= 0.3 is 18.3 Å². The van der Waals surface area contributed by atoms with Gasteiger partial charge in [-0.3, -0.25) is 0 Å². The third kappa shape index (κ3) is 4.54. The summed E-state index contributed by atoms with van der Waals surface area (Å²) in [6.45, 7) is 4.00. The number of halogens is 6. The Labute approximate surface area is 116 Å². The van der Waals surface area contributed by atoms with Crippen molar-refractivity contribution in [1.29, 1.82) is 0 Å². The third-order valence-corrected chi connectivity index (χ3v) is 2.15. The van der Waals surface area contributed by atoms with Crippen LogP contribution < -0.4 is 0 Å². The van der Waals surface area contributed by atoms with Crippen molar-refractivity contribution in [2.24, 2.45) is 0 Å². The Morgan fingerprint density at radius 1 is 1.05 bits per heavy atom. The Kier molecular flexibility index (Phi) is 6.07. The average Bonchev–Trinajstić information content (AvgIpc) is 2.37. The summed E-state index contributed by atoms with van der Waals surface area (Å²) < 4.78 is 78.8. The highest BCUT2D eigenvalue weighted by atomic mass is 19.4. The lowest BCUT2D eigenvalue weighted by molar-refractivity contribution is -0.143. The molecule has 0 atom stereocenters. The summed E-state index contributed by atoms with van der Waals surface area (Å²) in [6.07, 6.45) is -10.3. The number of benzene rings is 1. The zero-order chi connectivity index (χ0) is 17.0. The van der Waals surface area contributed by atoms with Gasteiger partial charge in [0.1, 0.15) is 11.3 Å². The first-order valence-corrected chi connectivity index (χ1v) is 5.58. The van der Waals surface area contributed by atoms with Gasteiger partial charge in [-0.2, -0.15) is 26.3 Å². The van der Waals surface area contributed by atoms with E-state index in [1.165, 1.54) is 0 Å². The van der Waals surface area contributed by atoms with Crippen LogP contribution in [0.1, 0.15) is 35.3 Å². The van der Waals surface area contributed by atoms with E-state index >= 15 is 0 Å². The zero-order valence-electron chi connectivity index (χ0n) is 11.2. The highest BCUT2D eigenvalue weighted by Gasteiger charge is 2.40. The zero-order valence-corrected chi connectivity index (χ0v) is 11.2. The van der Waals surface area contributed by atoms with Gasteiger partial charge in [0.05, 0.1) is 18.2 Å². The monoisotopic (exact) mass is 318 g/mol. The Morgan fingerprint density at radius 2 is 1.52 bits per heavy atom. The summed E-state index contributed by atoms with van der Waals surface area (Å²) >= 11 is 0. The number of ether oxygens (including phenoxy) is 1. The number of rotatable bonds is 1. The van der Waals surface area contributed by atoms with Crippen LogP contribution in [-0.2, 0) is 17.1 Å². The first-order chi connectivity index (χ1) is 9.48. The fraction of sp³-hybridized carbons (Fsp3) is 0.417. The highest BCUT2D eigenvalue weighted by molar-refractivity contribution is 5.93. The molecule has 0 saturated carbocycles. The van der Waals surface area contributed by atoms with Crippen molar-refractivity contribution < 1.29 is 41.0 Å². The number of phenols is 1. The van der Waals surface area contributed by atoms with Gasteiger partial charge in [0.25, 0.3) is 0 Å². The smallest absolute Gasteiger partial charge is 0.419 e. The Morgan fingerprint density at radius 3 is 1.86 bits per heavy atom. The number of alkyl halides is 6. The number of hydrogen-bond acceptors (Lipinski definition) is 3. The minimum Gasteiger partial charge on any atom is -0.506 e. The molecule has 0 aliphatic rings. The average molecular weight is 318 g/mol. The predicted molar refractivity (Wildman–Crippen MR) is 60.8 cm³/mol. The Bertz CT molecular complexity index is 505. The van der Waals surface area contributed by atoms with Crippen molar-refractivity contribution in [3.63, 3.8) is 0 Å². The minimum absolute atomic E-state index is 0.0937. The molecule has 1 N–H and O–H groups in total. The van der Waals surface area contributed by atoms with Gasteiger partial charge in [-0.15, -0.1) is 0 Å². The van der Waals surface area contributed by atoms with Crippen LogP contribution in [0.4, 0.5) is 26.3 Å². The van der Waals surface area contributed by atoms with E-state index in [0.29, 0.717) is 0 Å². The van der Waals surface area contributed by atoms with E-state index in [-0.39, 0.29) is 12.1 Å². The number of carbonyl (C=O) groups is 1. The predicted octanol–water partition coefficient (Wildman–Crippen LogP) is 4.24. The lowest BCUT2D eigenvalue weighted by Crippen LogP contribution is -2.14. The molecule has 0 unspecified atom stereocenters. The van der Waals surface area contributed by atoms with Crippen LogP contribution in [0.2, 0.25) is 0 Å². The third-order valence-electron chi connectivity index (χ3n) is 2.15. The molecule has 0 fully saturated rings. The topological polar surface area (TPSA) is 46.5 Å². The summed E-state index contributed by atoms with van der Waals surface area (Å²) in [4.78, 5) is 11.1. The van der Waals surface area contributed by atoms with Crippen LogP contribution in [0.15, 0.2) is 12.1 Å². The van der Waals surface area contributed by atoms with Crippen LogP contribution in [0.25, 0.3) is 0 Å². The maximum Gasteiger partial charge on any atom is 0.419 e. The summed E-state index contributed by atoms with van der Waals surface area (Å²) in [7, 11) is 0.759. The maximum absolute atomic E-state index is 12.5. The molecule has 0 radical (unpaired) electrons. The van der Waals surface area contributed by atoms with Crippen molar-refractivity contribution in [2.75, 3.05) is 7.11 Å². The lowest BCUT2D eigenvalue weighted by atomic mass is 10.0. The quantitative estimate of drug-likeness (QED) is 0.622. The molecule has 1 rings (SSSR count). The fourth-order valence-electron chi connectivity index (χ4n) is 1.28. The molecule has 0 bridgehead atoms. The number of aromatic hydroxyl groups is 1. The number of carbonyl (C=O) groups excluding carboxylic acids is 1. The molecule has 9 heteroatoms. The van der Waals surface area contributed by atoms with E-state index in [4.69, 9.17) is 0 Å². The second-order valence-corrected chi connectivity index (χ2v) is 3.41. The molecule has 120 valence electrons. The normalized spacial score (nSPS) is 11.5. The molecule has 0 saturated heterocycles. The summed E-state index contributed by atoms with van der Waals surface area (Å²) in [6, 6.07) is -0.182. The molecule has 0 aromatic heterocycles. The van der Waals surface area contributed by atoms with Gasteiger partial charge in [-0.1, -0.05) is 13.8 Å². The van der Waals surface area contributed by atoms with Gasteiger partial charge in [0, 0.05) is 0 Å². The maximum atomic E-state index is 12.5. The Balaban J connectivity index is 0.00000191. The SMILES string of the molecule is CC.COC(=O)c1cc(C(F)(F)F)cc(C(F)(F)F)c1O. The summed E-state index contributed by atoms with van der Waals surface area (Å²) in [5, 5.41) is 9.23. The second kappa shape index (κ2) is 6.68. The van der Waals surface area contributed by atoms with E-state index in [9.17, 15) is 36.2 Å². The first kappa shape index (κ1) is 19.1. The van der Waals surface area contributed by atoms with E-state index in [2.05, 4.69) is 4.74 Å². The molecule has 0 heterocycles. The molecule has 0 aliphatic heterocycles. The molecule has 1 aromatic carbocycles. The van der Waals surface area contributed by atoms with Crippen LogP contribution in [0, 0.1) is 0 Å². The van der Waals surface area contributed by atoms with E-state index < -0.39 is 40.8 Å². The van der Waals surface area contributed by atoms with E-state index in [0.717, 1.165) is 7.11 Å². The van der Waals surface area contributed by atoms with Crippen molar-refractivity contribution in [1.82, 2.24) is 0 Å². The van der Waals surface area contributed by atoms with Crippen LogP contribution in [-0.4, -0.2) is 18.2 Å². The molecular formula is C12H12F6O3. The summed E-state index contributed by atoms with van der Waals surface area (Å²) in [5.74, 6) is -3.11. The number of phenolic OH excluding ortho intramolecular Hbond substituents is 1. The molecule has 3 nitrogen and oxygen atoms in total. The molecule has 0 aliphatic carbocycles. The van der Waals surface area contributed by atoms with Crippen molar-refractivity contribution >= 4 is 5.97 Å². The largest absolute Gasteiger partial charge is 0.506 e. The first-order valence-electron chi connectivity index (χ1n) is 5.58. The van der Waals surface area contributed by atoms with E-state index in [1.54, 1.807) is 0 Å². The summed E-state index contributed by atoms with van der Waals surface area (Å²) in [5.41, 5.74) is -4.87. The second-order valence-electron chi connectivity index (χ2n) is 3.41. The van der Waals surface area contributed by atoms with Gasteiger partial charge in [0.2, 0.25) is 0 Å². The molecule has 1 aromatic rings. The van der Waals surface area contributed by atoms with Crippen molar-refractivity contribution in [3.8, 4) is 5.75 Å². The van der Waals surface area contributed by atoms with Gasteiger partial charge in [0.15, 0.2) is 0 Å². The fourth-order valence-corrected chi connectivity index (χ4v) is 1.28. The molecule has 21 heavy (non-hydrogen) atoms. The number of esters is 1. The van der Waals surface area contributed by atoms with E-state index in [1.807, 2.05) is 13.8 Å². The standard InChI is InChI=1S/C10H6F6O3.C2H6/c1-19-8(18)5-2-4(9(11,12)13)3-6(7(5)17)10(14,15)16;1-2/h2-3,17H,1H3;1-2H3. The number of methoxy groups -OCH3 is 1. The van der Waals surface area contributed by atoms with Gasteiger partial charge in [-0.25, -0.2) is 4.79 Å². The van der Waals surface area contributed by atoms with Crippen LogP contribution >= 0.6 is 0 Å². The van der Waals surface area contributed by atoms with Gasteiger partial charge < -0.3 is 9.84 Å². The molecule has 0 amide bonds. The Hall–Kier alpha value is -1.93. The van der Waals surface area contributed by atoms with Crippen LogP contribution in [0.5, 0.6) is 5.75 Å². The van der Waals surface area contributed by atoms with Gasteiger partial charge in [-0.05, 0) is 12.1 Å². The number of hydrogen-bond donors (Lipinski definition) is 1. The highest BCUT2D eigenvalue weighted by Crippen LogP contribution is 2.42. The van der Waals surface area contributed by atoms with Crippen LogP contribution in [0.3, 0.4) is 0 Å².